The van der Waals surface area contributed by atoms with Gasteiger partial charge in [-0.15, -0.1) is 0 Å². The molecule has 2 aliphatic carbocycles. The summed E-state index contributed by atoms with van der Waals surface area (Å²) in [4.78, 5) is 0. The molecule has 2 aliphatic rings. The van der Waals surface area contributed by atoms with E-state index in [-0.39, 0.29) is 0 Å². The highest BCUT2D eigenvalue weighted by molar-refractivity contribution is 9.10. The Morgan fingerprint density at radius 2 is 1.85 bits per heavy atom. The van der Waals surface area contributed by atoms with Gasteiger partial charge in [0, 0.05) is 9.89 Å². The molecule has 0 aromatic heterocycles. The van der Waals surface area contributed by atoms with Gasteiger partial charge in [-0.2, -0.15) is 0 Å². The minimum absolute atomic E-state index is 0.448. The first-order chi connectivity index (χ1) is 6.27. The third-order valence-electron chi connectivity index (χ3n) is 3.22. The van der Waals surface area contributed by atoms with Crippen LogP contribution in [0.2, 0.25) is 0 Å². The lowest BCUT2D eigenvalue weighted by Gasteiger charge is -2.34. The van der Waals surface area contributed by atoms with E-state index in [4.69, 9.17) is 0 Å². The fourth-order valence-electron chi connectivity index (χ4n) is 2.34. The zero-order chi connectivity index (χ0) is 8.89. The highest BCUT2D eigenvalue weighted by Gasteiger charge is 2.33. The largest absolute Gasteiger partial charge is 0.0666 e. The SMILES string of the molecule is Brc1ccc2c(c1)=CC1(C=2)CCC1. The second-order valence-electron chi connectivity index (χ2n) is 4.15. The van der Waals surface area contributed by atoms with Crippen molar-refractivity contribution in [3.05, 3.63) is 33.1 Å². The van der Waals surface area contributed by atoms with E-state index < -0.39 is 0 Å². The molecule has 1 spiro atoms. The van der Waals surface area contributed by atoms with Crippen LogP contribution in [0.5, 0.6) is 0 Å². The van der Waals surface area contributed by atoms with E-state index in [1.54, 1.807) is 0 Å². The van der Waals surface area contributed by atoms with Crippen molar-refractivity contribution in [1.82, 2.24) is 0 Å². The average molecular weight is 235 g/mol. The maximum absolute atomic E-state index is 3.51. The molecule has 0 amide bonds. The van der Waals surface area contributed by atoms with Crippen molar-refractivity contribution in [2.45, 2.75) is 19.3 Å². The van der Waals surface area contributed by atoms with Crippen LogP contribution in [0.4, 0.5) is 0 Å². The molecule has 13 heavy (non-hydrogen) atoms. The standard InChI is InChI=1S/C12H11Br/c13-11-3-2-9-7-12(4-1-5-12)8-10(9)6-11/h2-3,6-8H,1,4-5H2. The highest BCUT2D eigenvalue weighted by atomic mass is 79.9. The molecular formula is C12H11Br. The van der Waals surface area contributed by atoms with Gasteiger partial charge in [0.05, 0.1) is 0 Å². The second kappa shape index (κ2) is 2.48. The molecule has 66 valence electrons. The summed E-state index contributed by atoms with van der Waals surface area (Å²) in [5.74, 6) is 0. The summed E-state index contributed by atoms with van der Waals surface area (Å²) in [5, 5.41) is 2.83. The Hall–Kier alpha value is -0.560. The second-order valence-corrected chi connectivity index (χ2v) is 5.06. The van der Waals surface area contributed by atoms with Gasteiger partial charge in [0.2, 0.25) is 0 Å². The van der Waals surface area contributed by atoms with Crippen LogP contribution < -0.4 is 10.4 Å². The van der Waals surface area contributed by atoms with Gasteiger partial charge in [-0.1, -0.05) is 40.6 Å². The lowest BCUT2D eigenvalue weighted by Crippen LogP contribution is -2.22. The van der Waals surface area contributed by atoms with Gasteiger partial charge in [0.25, 0.3) is 0 Å². The predicted molar refractivity (Wildman–Crippen MR) is 58.6 cm³/mol. The number of halogens is 1. The monoisotopic (exact) mass is 234 g/mol. The molecule has 0 aliphatic heterocycles. The zero-order valence-corrected chi connectivity index (χ0v) is 8.97. The molecule has 0 unspecified atom stereocenters. The summed E-state index contributed by atoms with van der Waals surface area (Å²) in [6.45, 7) is 0. The smallest absolute Gasteiger partial charge is 0.0181 e. The van der Waals surface area contributed by atoms with Crippen LogP contribution in [0.15, 0.2) is 22.7 Å². The fraction of sp³-hybridized carbons (Fsp3) is 0.333. The molecule has 0 atom stereocenters. The van der Waals surface area contributed by atoms with Crippen LogP contribution in [-0.4, -0.2) is 0 Å². The molecule has 1 aromatic carbocycles. The average Bonchev–Trinajstić information content (AvgIpc) is 2.41. The van der Waals surface area contributed by atoms with Crippen molar-refractivity contribution in [3.63, 3.8) is 0 Å². The molecular weight excluding hydrogens is 224 g/mol. The number of hydrogen-bond acceptors (Lipinski definition) is 0. The number of fused-ring (bicyclic) bond motifs is 1. The van der Waals surface area contributed by atoms with Gasteiger partial charge >= 0.3 is 0 Å². The summed E-state index contributed by atoms with van der Waals surface area (Å²) >= 11 is 3.51. The van der Waals surface area contributed by atoms with E-state index in [1.165, 1.54) is 34.2 Å². The normalized spacial score (nSPS) is 21.6. The Kier molecular flexibility index (Phi) is 1.49. The molecule has 1 fully saturated rings. The summed E-state index contributed by atoms with van der Waals surface area (Å²) < 4.78 is 1.19. The van der Waals surface area contributed by atoms with Gasteiger partial charge in [-0.05, 0) is 35.4 Å². The highest BCUT2D eigenvalue weighted by Crippen LogP contribution is 2.44. The Bertz CT molecular complexity index is 466. The molecule has 3 rings (SSSR count). The minimum atomic E-state index is 0.448. The third kappa shape index (κ3) is 1.10. The Balaban J connectivity index is 2.26. The predicted octanol–water partition coefficient (Wildman–Crippen LogP) is 2.19. The summed E-state index contributed by atoms with van der Waals surface area (Å²) in [6.07, 6.45) is 8.97. The van der Waals surface area contributed by atoms with Crippen molar-refractivity contribution >= 4 is 28.1 Å². The van der Waals surface area contributed by atoms with Crippen LogP contribution in [0, 0.1) is 5.41 Å². The molecule has 1 aromatic rings. The van der Waals surface area contributed by atoms with E-state index in [0.29, 0.717) is 5.41 Å². The number of hydrogen-bond donors (Lipinski definition) is 0. The summed E-state index contributed by atoms with van der Waals surface area (Å²) in [6, 6.07) is 6.56. The molecule has 0 nitrogen and oxygen atoms in total. The molecule has 0 heterocycles. The molecule has 0 N–H and O–H groups in total. The van der Waals surface area contributed by atoms with Crippen molar-refractivity contribution in [1.29, 1.82) is 0 Å². The van der Waals surface area contributed by atoms with Gasteiger partial charge in [0.15, 0.2) is 0 Å². The Labute approximate surface area is 86.1 Å². The lowest BCUT2D eigenvalue weighted by molar-refractivity contribution is 0.326. The fourth-order valence-corrected chi connectivity index (χ4v) is 2.72. The summed E-state index contributed by atoms with van der Waals surface area (Å²) in [5.41, 5.74) is 0.448. The van der Waals surface area contributed by atoms with Crippen molar-refractivity contribution in [2.75, 3.05) is 0 Å². The Morgan fingerprint density at radius 3 is 2.54 bits per heavy atom. The Morgan fingerprint density at radius 1 is 1.08 bits per heavy atom. The van der Waals surface area contributed by atoms with Gasteiger partial charge in [-0.3, -0.25) is 0 Å². The molecule has 0 bridgehead atoms. The van der Waals surface area contributed by atoms with Crippen molar-refractivity contribution < 1.29 is 0 Å². The van der Waals surface area contributed by atoms with E-state index in [1.807, 2.05) is 0 Å². The third-order valence-corrected chi connectivity index (χ3v) is 3.71. The molecule has 0 radical (unpaired) electrons. The molecule has 0 saturated heterocycles. The van der Waals surface area contributed by atoms with Crippen LogP contribution in [0.25, 0.3) is 12.2 Å². The van der Waals surface area contributed by atoms with Crippen LogP contribution >= 0.6 is 15.9 Å². The lowest BCUT2D eigenvalue weighted by atomic mass is 9.70. The van der Waals surface area contributed by atoms with Gasteiger partial charge in [-0.25, -0.2) is 0 Å². The maximum Gasteiger partial charge on any atom is 0.0181 e. The van der Waals surface area contributed by atoms with Crippen molar-refractivity contribution in [3.8, 4) is 0 Å². The first-order valence-corrected chi connectivity index (χ1v) is 5.58. The first-order valence-electron chi connectivity index (χ1n) is 4.79. The van der Waals surface area contributed by atoms with Gasteiger partial charge < -0.3 is 0 Å². The molecule has 1 heteroatoms. The maximum atomic E-state index is 3.51. The number of benzene rings is 1. The topological polar surface area (TPSA) is 0 Å². The van der Waals surface area contributed by atoms with Crippen LogP contribution in [0.1, 0.15) is 19.3 Å². The minimum Gasteiger partial charge on any atom is -0.0666 e. The van der Waals surface area contributed by atoms with E-state index >= 15 is 0 Å². The quantitative estimate of drug-likeness (QED) is 0.646. The number of rotatable bonds is 0. The van der Waals surface area contributed by atoms with E-state index in [2.05, 4.69) is 46.3 Å². The van der Waals surface area contributed by atoms with Crippen LogP contribution in [-0.2, 0) is 0 Å². The van der Waals surface area contributed by atoms with Gasteiger partial charge in [0.1, 0.15) is 0 Å². The van der Waals surface area contributed by atoms with Crippen molar-refractivity contribution in [2.24, 2.45) is 5.41 Å². The zero-order valence-electron chi connectivity index (χ0n) is 7.39. The van der Waals surface area contributed by atoms with E-state index in [9.17, 15) is 0 Å². The first kappa shape index (κ1) is 7.81. The van der Waals surface area contributed by atoms with Crippen LogP contribution in [0.3, 0.4) is 0 Å². The van der Waals surface area contributed by atoms with E-state index in [0.717, 1.165) is 0 Å². The molecule has 1 saturated carbocycles. The summed E-state index contributed by atoms with van der Waals surface area (Å²) in [7, 11) is 0.